The minimum absolute atomic E-state index is 0.0507. The number of ether oxygens (including phenoxy) is 2. The van der Waals surface area contributed by atoms with Crippen molar-refractivity contribution >= 4 is 11.9 Å². The largest absolute Gasteiger partial charge is 0.464 e. The van der Waals surface area contributed by atoms with E-state index in [9.17, 15) is 9.59 Å². The summed E-state index contributed by atoms with van der Waals surface area (Å²) in [7, 11) is 1.27. The summed E-state index contributed by atoms with van der Waals surface area (Å²) >= 11 is 0. The molecular weight excluding hydrogens is 300 g/mol. The zero-order valence-electron chi connectivity index (χ0n) is 12.7. The highest BCUT2D eigenvalue weighted by Gasteiger charge is 2.26. The molecule has 1 amide bonds. The molecule has 1 aromatic carbocycles. The molecule has 1 aromatic heterocycles. The molecule has 0 N–H and O–H groups in total. The van der Waals surface area contributed by atoms with Crippen LogP contribution >= 0.6 is 0 Å². The van der Waals surface area contributed by atoms with Crippen molar-refractivity contribution in [2.75, 3.05) is 33.4 Å². The third kappa shape index (κ3) is 2.95. The van der Waals surface area contributed by atoms with Gasteiger partial charge in [-0.3, -0.25) is 4.79 Å². The number of carbonyl (C=O) groups is 2. The first-order valence-electron chi connectivity index (χ1n) is 7.20. The third-order valence-corrected chi connectivity index (χ3v) is 3.65. The topological polar surface area (TPSA) is 81.9 Å². The molecule has 23 heavy (non-hydrogen) atoms. The molecule has 0 radical (unpaired) electrons. The van der Waals surface area contributed by atoms with Crippen LogP contribution in [0.15, 0.2) is 35.1 Å². The van der Waals surface area contributed by atoms with Crippen molar-refractivity contribution in [1.29, 1.82) is 0 Å². The molecule has 1 fully saturated rings. The Morgan fingerprint density at radius 1 is 1.22 bits per heavy atom. The summed E-state index contributed by atoms with van der Waals surface area (Å²) in [5.74, 6) is -0.507. The Kier molecular flexibility index (Phi) is 4.38. The van der Waals surface area contributed by atoms with Gasteiger partial charge >= 0.3 is 5.97 Å². The fourth-order valence-corrected chi connectivity index (χ4v) is 2.48. The smallest absolute Gasteiger partial charge is 0.360 e. The minimum Gasteiger partial charge on any atom is -0.464 e. The van der Waals surface area contributed by atoms with Crippen LogP contribution in [-0.4, -0.2) is 55.2 Å². The Hall–Kier alpha value is -2.67. The van der Waals surface area contributed by atoms with E-state index in [0.29, 0.717) is 37.4 Å². The van der Waals surface area contributed by atoms with Crippen LogP contribution in [0.2, 0.25) is 0 Å². The van der Waals surface area contributed by atoms with Gasteiger partial charge in [0.25, 0.3) is 5.91 Å². The lowest BCUT2D eigenvalue weighted by atomic mass is 10.0. The highest BCUT2D eigenvalue weighted by Crippen LogP contribution is 2.28. The van der Waals surface area contributed by atoms with E-state index in [4.69, 9.17) is 13.9 Å². The Labute approximate surface area is 132 Å². The van der Waals surface area contributed by atoms with Crippen LogP contribution in [0, 0.1) is 0 Å². The van der Waals surface area contributed by atoms with E-state index in [-0.39, 0.29) is 17.4 Å². The lowest BCUT2D eigenvalue weighted by Gasteiger charge is -2.27. The number of oxazole rings is 1. The second-order valence-corrected chi connectivity index (χ2v) is 4.97. The van der Waals surface area contributed by atoms with Crippen molar-refractivity contribution in [3.8, 4) is 11.3 Å². The second kappa shape index (κ2) is 6.62. The summed E-state index contributed by atoms with van der Waals surface area (Å²) in [6.07, 6.45) is 1.16. The molecule has 0 unspecified atom stereocenters. The molecule has 3 rings (SSSR count). The number of hydrogen-bond acceptors (Lipinski definition) is 6. The number of methoxy groups -OCH3 is 1. The zero-order valence-corrected chi connectivity index (χ0v) is 12.7. The standard InChI is InChI=1S/C16H16N2O5/c1-21-16(20)13-14(23-10-17-13)11-4-2-3-5-12(11)15(19)18-6-8-22-9-7-18/h2-5,10H,6-9H2,1H3. The van der Waals surface area contributed by atoms with Gasteiger partial charge in [0.1, 0.15) is 0 Å². The van der Waals surface area contributed by atoms with Gasteiger partial charge in [0, 0.05) is 18.7 Å². The van der Waals surface area contributed by atoms with Crippen LogP contribution in [0.1, 0.15) is 20.8 Å². The van der Waals surface area contributed by atoms with E-state index in [1.165, 1.54) is 7.11 Å². The number of benzene rings is 1. The maximum atomic E-state index is 12.8. The average molecular weight is 316 g/mol. The predicted octanol–water partition coefficient (Wildman–Crippen LogP) is 1.60. The molecule has 0 saturated carbocycles. The van der Waals surface area contributed by atoms with Crippen LogP contribution in [-0.2, 0) is 9.47 Å². The molecular formula is C16H16N2O5. The monoisotopic (exact) mass is 316 g/mol. The highest BCUT2D eigenvalue weighted by molar-refractivity contribution is 6.03. The molecule has 0 spiro atoms. The first-order chi connectivity index (χ1) is 11.2. The van der Waals surface area contributed by atoms with E-state index in [0.717, 1.165) is 6.39 Å². The number of nitrogens with zero attached hydrogens (tertiary/aromatic N) is 2. The number of hydrogen-bond donors (Lipinski definition) is 0. The van der Waals surface area contributed by atoms with Crippen LogP contribution in [0.5, 0.6) is 0 Å². The highest BCUT2D eigenvalue weighted by atomic mass is 16.5. The molecule has 7 heteroatoms. The van der Waals surface area contributed by atoms with Crippen molar-refractivity contribution in [2.24, 2.45) is 0 Å². The van der Waals surface area contributed by atoms with Crippen LogP contribution in [0.25, 0.3) is 11.3 Å². The maximum Gasteiger partial charge on any atom is 0.360 e. The third-order valence-electron chi connectivity index (χ3n) is 3.65. The molecule has 2 aromatic rings. The molecule has 1 saturated heterocycles. The van der Waals surface area contributed by atoms with Crippen molar-refractivity contribution in [1.82, 2.24) is 9.88 Å². The van der Waals surface area contributed by atoms with Gasteiger partial charge in [0.15, 0.2) is 17.8 Å². The van der Waals surface area contributed by atoms with Crippen LogP contribution in [0.4, 0.5) is 0 Å². The lowest BCUT2D eigenvalue weighted by Crippen LogP contribution is -2.40. The van der Waals surface area contributed by atoms with Gasteiger partial charge < -0.3 is 18.8 Å². The van der Waals surface area contributed by atoms with Gasteiger partial charge in [0.2, 0.25) is 0 Å². The van der Waals surface area contributed by atoms with E-state index in [2.05, 4.69) is 4.98 Å². The van der Waals surface area contributed by atoms with Crippen molar-refractivity contribution in [2.45, 2.75) is 0 Å². The fraction of sp³-hybridized carbons (Fsp3) is 0.312. The van der Waals surface area contributed by atoms with Gasteiger partial charge in [-0.2, -0.15) is 0 Å². The number of amides is 1. The summed E-state index contributed by atoms with van der Waals surface area (Å²) in [4.78, 5) is 30.2. The summed E-state index contributed by atoms with van der Waals surface area (Å²) < 4.78 is 15.3. The predicted molar refractivity (Wildman–Crippen MR) is 80.0 cm³/mol. The number of carbonyl (C=O) groups excluding carboxylic acids is 2. The van der Waals surface area contributed by atoms with Crippen LogP contribution < -0.4 is 0 Å². The van der Waals surface area contributed by atoms with Crippen molar-refractivity contribution < 1.29 is 23.5 Å². The fourth-order valence-electron chi connectivity index (χ4n) is 2.48. The first-order valence-corrected chi connectivity index (χ1v) is 7.20. The molecule has 1 aliphatic heterocycles. The molecule has 0 atom stereocenters. The first kappa shape index (κ1) is 15.2. The number of esters is 1. The normalized spacial score (nSPS) is 14.6. The van der Waals surface area contributed by atoms with Gasteiger partial charge in [0.05, 0.1) is 25.9 Å². The van der Waals surface area contributed by atoms with Crippen molar-refractivity contribution in [3.63, 3.8) is 0 Å². The van der Waals surface area contributed by atoms with Gasteiger partial charge in [-0.05, 0) is 6.07 Å². The molecule has 0 aliphatic carbocycles. The van der Waals surface area contributed by atoms with Gasteiger partial charge in [-0.1, -0.05) is 18.2 Å². The van der Waals surface area contributed by atoms with Crippen LogP contribution in [0.3, 0.4) is 0 Å². The number of rotatable bonds is 3. The summed E-state index contributed by atoms with van der Waals surface area (Å²) in [6.45, 7) is 2.11. The lowest BCUT2D eigenvalue weighted by molar-refractivity contribution is 0.0303. The average Bonchev–Trinajstić information content (AvgIpc) is 3.10. The van der Waals surface area contributed by atoms with Crippen molar-refractivity contribution in [3.05, 3.63) is 41.9 Å². The Bertz CT molecular complexity index is 719. The van der Waals surface area contributed by atoms with Gasteiger partial charge in [-0.25, -0.2) is 9.78 Å². The Morgan fingerprint density at radius 3 is 2.70 bits per heavy atom. The summed E-state index contributed by atoms with van der Waals surface area (Å²) in [6, 6.07) is 6.97. The quantitative estimate of drug-likeness (QED) is 0.800. The molecule has 7 nitrogen and oxygen atoms in total. The van der Waals surface area contributed by atoms with Gasteiger partial charge in [-0.15, -0.1) is 0 Å². The molecule has 2 heterocycles. The zero-order chi connectivity index (χ0) is 16.2. The molecule has 1 aliphatic rings. The Morgan fingerprint density at radius 2 is 1.96 bits per heavy atom. The number of morpholine rings is 1. The van der Waals surface area contributed by atoms with E-state index < -0.39 is 5.97 Å². The SMILES string of the molecule is COC(=O)c1ncoc1-c1ccccc1C(=O)N1CCOCC1. The summed E-state index contributed by atoms with van der Waals surface area (Å²) in [5, 5.41) is 0. The second-order valence-electron chi connectivity index (χ2n) is 4.97. The number of aromatic nitrogens is 1. The van der Waals surface area contributed by atoms with E-state index >= 15 is 0 Å². The summed E-state index contributed by atoms with van der Waals surface area (Å²) in [5.41, 5.74) is 1.02. The van der Waals surface area contributed by atoms with E-state index in [1.54, 1.807) is 29.2 Å². The minimum atomic E-state index is -0.609. The maximum absolute atomic E-state index is 12.8. The van der Waals surface area contributed by atoms with E-state index in [1.807, 2.05) is 0 Å². The molecule has 0 bridgehead atoms. The molecule has 120 valence electrons. The Balaban J connectivity index is 2.00.